The van der Waals surface area contributed by atoms with Gasteiger partial charge in [0.15, 0.2) is 0 Å². The van der Waals surface area contributed by atoms with Crippen molar-refractivity contribution in [2.24, 2.45) is 0 Å². The molecular weight excluding hydrogens is 242 g/mol. The minimum atomic E-state index is -0.162. The number of fused-ring (bicyclic) bond motifs is 1. The Labute approximate surface area is 111 Å². The highest BCUT2D eigenvalue weighted by Crippen LogP contribution is 2.06. The molecule has 5 nitrogen and oxygen atoms in total. The zero-order valence-electron chi connectivity index (χ0n) is 11.1. The van der Waals surface area contributed by atoms with Gasteiger partial charge >= 0.3 is 0 Å². The summed E-state index contributed by atoms with van der Waals surface area (Å²) in [5, 5.41) is 3.37. The van der Waals surface area contributed by atoms with E-state index in [-0.39, 0.29) is 17.5 Å². The Morgan fingerprint density at radius 1 is 1.37 bits per heavy atom. The molecule has 2 aromatic rings. The SMILES string of the molecule is CC(C)NC(=O)CCc1nc2ccccc2c(=O)[nH]1. The summed E-state index contributed by atoms with van der Waals surface area (Å²) in [5.41, 5.74) is 0.496. The van der Waals surface area contributed by atoms with E-state index >= 15 is 0 Å². The number of nitrogens with one attached hydrogen (secondary N) is 2. The van der Waals surface area contributed by atoms with Crippen LogP contribution in [0.25, 0.3) is 10.9 Å². The number of aromatic nitrogens is 2. The van der Waals surface area contributed by atoms with Crippen molar-refractivity contribution < 1.29 is 4.79 Å². The number of benzene rings is 1. The zero-order valence-corrected chi connectivity index (χ0v) is 11.1. The van der Waals surface area contributed by atoms with Crippen molar-refractivity contribution in [1.29, 1.82) is 0 Å². The van der Waals surface area contributed by atoms with Gasteiger partial charge in [-0.3, -0.25) is 9.59 Å². The number of nitrogens with zero attached hydrogens (tertiary/aromatic N) is 1. The minimum Gasteiger partial charge on any atom is -0.354 e. The van der Waals surface area contributed by atoms with E-state index in [9.17, 15) is 9.59 Å². The second-order valence-corrected chi connectivity index (χ2v) is 4.75. The fourth-order valence-electron chi connectivity index (χ4n) is 1.88. The van der Waals surface area contributed by atoms with Crippen LogP contribution in [0, 0.1) is 0 Å². The molecule has 2 rings (SSSR count). The average Bonchev–Trinajstić information content (AvgIpc) is 2.36. The van der Waals surface area contributed by atoms with Crippen LogP contribution in [0.3, 0.4) is 0 Å². The second kappa shape index (κ2) is 5.65. The molecule has 1 aromatic carbocycles. The van der Waals surface area contributed by atoms with E-state index in [0.717, 1.165) is 0 Å². The fourth-order valence-corrected chi connectivity index (χ4v) is 1.88. The molecule has 0 unspecified atom stereocenters. The van der Waals surface area contributed by atoms with E-state index in [1.54, 1.807) is 18.2 Å². The lowest BCUT2D eigenvalue weighted by molar-refractivity contribution is -0.121. The maximum atomic E-state index is 11.8. The quantitative estimate of drug-likeness (QED) is 0.871. The molecule has 0 atom stereocenters. The normalized spacial score (nSPS) is 10.9. The Morgan fingerprint density at radius 3 is 2.84 bits per heavy atom. The van der Waals surface area contributed by atoms with Crippen molar-refractivity contribution in [2.45, 2.75) is 32.7 Å². The number of H-pyrrole nitrogens is 1. The number of rotatable bonds is 4. The summed E-state index contributed by atoms with van der Waals surface area (Å²) in [6, 6.07) is 7.29. The van der Waals surface area contributed by atoms with E-state index in [1.807, 2.05) is 19.9 Å². The first-order valence-electron chi connectivity index (χ1n) is 6.33. The van der Waals surface area contributed by atoms with Crippen LogP contribution in [-0.4, -0.2) is 21.9 Å². The van der Waals surface area contributed by atoms with Gasteiger partial charge in [0.05, 0.1) is 10.9 Å². The summed E-state index contributed by atoms with van der Waals surface area (Å²) in [7, 11) is 0. The third-order valence-electron chi connectivity index (χ3n) is 2.70. The van der Waals surface area contributed by atoms with Crippen molar-refractivity contribution >= 4 is 16.8 Å². The number of carbonyl (C=O) groups is 1. The van der Waals surface area contributed by atoms with Gasteiger partial charge in [0.25, 0.3) is 5.56 Å². The van der Waals surface area contributed by atoms with E-state index in [0.29, 0.717) is 29.6 Å². The molecule has 0 aliphatic carbocycles. The van der Waals surface area contributed by atoms with Crippen LogP contribution in [0.5, 0.6) is 0 Å². The highest BCUT2D eigenvalue weighted by molar-refractivity contribution is 5.78. The fraction of sp³-hybridized carbons (Fsp3) is 0.357. The van der Waals surface area contributed by atoms with Crippen molar-refractivity contribution in [3.63, 3.8) is 0 Å². The number of carbonyl (C=O) groups excluding carboxylic acids is 1. The van der Waals surface area contributed by atoms with Crippen LogP contribution in [0.4, 0.5) is 0 Å². The van der Waals surface area contributed by atoms with Gasteiger partial charge < -0.3 is 10.3 Å². The van der Waals surface area contributed by atoms with E-state index < -0.39 is 0 Å². The summed E-state index contributed by atoms with van der Waals surface area (Å²) in [6.45, 7) is 3.82. The molecule has 0 saturated heterocycles. The molecule has 0 fully saturated rings. The number of aromatic amines is 1. The van der Waals surface area contributed by atoms with Crippen molar-refractivity contribution in [3.05, 3.63) is 40.4 Å². The number of hydrogen-bond acceptors (Lipinski definition) is 3. The molecule has 100 valence electrons. The molecule has 5 heteroatoms. The molecule has 0 bridgehead atoms. The van der Waals surface area contributed by atoms with Crippen LogP contribution < -0.4 is 10.9 Å². The predicted molar refractivity (Wildman–Crippen MR) is 74.0 cm³/mol. The van der Waals surface area contributed by atoms with Crippen LogP contribution >= 0.6 is 0 Å². The summed E-state index contributed by atoms with van der Waals surface area (Å²) in [5.74, 6) is 0.508. The lowest BCUT2D eigenvalue weighted by Crippen LogP contribution is -2.30. The zero-order chi connectivity index (χ0) is 13.8. The highest BCUT2D eigenvalue weighted by Gasteiger charge is 2.07. The summed E-state index contributed by atoms with van der Waals surface area (Å²) >= 11 is 0. The number of amides is 1. The smallest absolute Gasteiger partial charge is 0.258 e. The molecule has 1 aromatic heterocycles. The van der Waals surface area contributed by atoms with Crippen LogP contribution in [0.1, 0.15) is 26.1 Å². The Hall–Kier alpha value is -2.17. The molecule has 0 aliphatic heterocycles. The van der Waals surface area contributed by atoms with Crippen molar-refractivity contribution in [2.75, 3.05) is 0 Å². The molecule has 2 N–H and O–H groups in total. The molecule has 0 saturated carbocycles. The first kappa shape index (κ1) is 13.3. The van der Waals surface area contributed by atoms with Gasteiger partial charge in [0, 0.05) is 18.9 Å². The Morgan fingerprint density at radius 2 is 2.11 bits per heavy atom. The monoisotopic (exact) mass is 259 g/mol. The van der Waals surface area contributed by atoms with E-state index in [2.05, 4.69) is 15.3 Å². The molecule has 19 heavy (non-hydrogen) atoms. The summed E-state index contributed by atoms with van der Waals surface area (Å²) < 4.78 is 0. The molecule has 0 aliphatic rings. The van der Waals surface area contributed by atoms with Crippen LogP contribution in [0.15, 0.2) is 29.1 Å². The highest BCUT2D eigenvalue weighted by atomic mass is 16.1. The van der Waals surface area contributed by atoms with Crippen LogP contribution in [-0.2, 0) is 11.2 Å². The molecule has 1 amide bonds. The third kappa shape index (κ3) is 3.40. The minimum absolute atomic E-state index is 0.0363. The van der Waals surface area contributed by atoms with Crippen molar-refractivity contribution in [1.82, 2.24) is 15.3 Å². The Kier molecular flexibility index (Phi) is 3.94. The number of para-hydroxylation sites is 1. The maximum absolute atomic E-state index is 11.8. The number of hydrogen-bond donors (Lipinski definition) is 2. The molecule has 0 radical (unpaired) electrons. The lowest BCUT2D eigenvalue weighted by Gasteiger charge is -2.08. The molecule has 0 spiro atoms. The van der Waals surface area contributed by atoms with Gasteiger partial charge in [0.2, 0.25) is 5.91 Å². The first-order valence-corrected chi connectivity index (χ1v) is 6.33. The standard InChI is InChI=1S/C14H17N3O2/c1-9(2)15-13(18)8-7-12-16-11-6-4-3-5-10(11)14(19)17-12/h3-6,9H,7-8H2,1-2H3,(H,15,18)(H,16,17,19). The van der Waals surface area contributed by atoms with E-state index in [1.165, 1.54) is 0 Å². The Balaban J connectivity index is 2.14. The van der Waals surface area contributed by atoms with E-state index in [4.69, 9.17) is 0 Å². The van der Waals surface area contributed by atoms with Gasteiger partial charge in [-0.25, -0.2) is 4.98 Å². The van der Waals surface area contributed by atoms with Gasteiger partial charge in [-0.1, -0.05) is 12.1 Å². The molecule has 1 heterocycles. The van der Waals surface area contributed by atoms with Gasteiger partial charge in [-0.15, -0.1) is 0 Å². The topological polar surface area (TPSA) is 74.8 Å². The van der Waals surface area contributed by atoms with Gasteiger partial charge in [-0.2, -0.15) is 0 Å². The first-order chi connectivity index (χ1) is 9.06. The third-order valence-corrected chi connectivity index (χ3v) is 2.70. The number of aryl methyl sites for hydroxylation is 1. The summed E-state index contributed by atoms with van der Waals surface area (Å²) in [4.78, 5) is 30.4. The maximum Gasteiger partial charge on any atom is 0.258 e. The summed E-state index contributed by atoms with van der Waals surface area (Å²) in [6.07, 6.45) is 0.748. The van der Waals surface area contributed by atoms with Gasteiger partial charge in [0.1, 0.15) is 5.82 Å². The van der Waals surface area contributed by atoms with Gasteiger partial charge in [-0.05, 0) is 26.0 Å². The average molecular weight is 259 g/mol. The lowest BCUT2D eigenvalue weighted by atomic mass is 10.2. The Bertz CT molecular complexity index is 646. The second-order valence-electron chi connectivity index (χ2n) is 4.75. The predicted octanol–water partition coefficient (Wildman–Crippen LogP) is 1.38. The van der Waals surface area contributed by atoms with Crippen LogP contribution in [0.2, 0.25) is 0 Å². The van der Waals surface area contributed by atoms with Crippen molar-refractivity contribution in [3.8, 4) is 0 Å². The largest absolute Gasteiger partial charge is 0.354 e. The molecular formula is C14H17N3O2.